The van der Waals surface area contributed by atoms with Crippen molar-refractivity contribution >= 4 is 33.4 Å². The molecule has 8 aromatic rings. The number of aromatic amines is 2. The van der Waals surface area contributed by atoms with Crippen molar-refractivity contribution < 1.29 is 9.47 Å². The minimum atomic E-state index is -0.0780. The number of hydrogen-bond acceptors (Lipinski definition) is 9. The van der Waals surface area contributed by atoms with Gasteiger partial charge in [-0.15, -0.1) is 0 Å². The lowest BCUT2D eigenvalue weighted by atomic mass is 9.88. The molecule has 2 fully saturated rings. The van der Waals surface area contributed by atoms with Crippen LogP contribution in [0.25, 0.3) is 44.1 Å². The number of aryl methyl sites for hydroxylation is 1. The zero-order valence-electron chi connectivity index (χ0n) is 38.2. The minimum absolute atomic E-state index is 0.0466. The molecule has 0 atom stereocenters. The van der Waals surface area contributed by atoms with Crippen LogP contribution < -0.4 is 30.4 Å². The van der Waals surface area contributed by atoms with Gasteiger partial charge in [-0.2, -0.15) is 0 Å². The van der Waals surface area contributed by atoms with Crippen molar-refractivity contribution in [2.24, 2.45) is 7.05 Å². The number of H-pyrrole nitrogens is 2. The summed E-state index contributed by atoms with van der Waals surface area (Å²) in [5.74, 6) is 4.46. The number of ether oxygens (including phenoxy) is 2. The van der Waals surface area contributed by atoms with Crippen LogP contribution in [0.3, 0.4) is 0 Å². The maximum absolute atomic E-state index is 14.0. The number of nitrogens with one attached hydrogen (secondary N) is 2. The molecule has 338 valence electrons. The van der Waals surface area contributed by atoms with Gasteiger partial charge in [0.15, 0.2) is 0 Å². The first-order chi connectivity index (χ1) is 32.2. The molecule has 0 unspecified atom stereocenters. The smallest absolute Gasteiger partial charge is 0.275 e. The number of aromatic nitrogens is 6. The highest BCUT2D eigenvalue weighted by Gasteiger charge is 2.25. The number of likely N-dealkylation sites (N-methyl/N-ethyl adjacent to an activating group) is 1. The van der Waals surface area contributed by atoms with Crippen molar-refractivity contribution in [1.29, 1.82) is 0 Å². The predicted octanol–water partition coefficient (Wildman–Crippen LogP) is 8.40. The van der Waals surface area contributed by atoms with Gasteiger partial charge in [0.25, 0.3) is 11.1 Å². The van der Waals surface area contributed by atoms with Gasteiger partial charge in [0.2, 0.25) is 0 Å². The Balaban J connectivity index is 0.804. The predicted molar refractivity (Wildman–Crippen MR) is 264 cm³/mol. The third kappa shape index (κ3) is 8.58. The topological polar surface area (TPSA) is 130 Å². The summed E-state index contributed by atoms with van der Waals surface area (Å²) in [6.45, 7) is 5.57. The van der Waals surface area contributed by atoms with E-state index < -0.39 is 0 Å². The average Bonchev–Trinajstić information content (AvgIpc) is 4.06. The zero-order chi connectivity index (χ0) is 45.3. The van der Waals surface area contributed by atoms with Crippen molar-refractivity contribution in [2.45, 2.75) is 44.1 Å². The van der Waals surface area contributed by atoms with E-state index in [2.05, 4.69) is 99.4 Å². The van der Waals surface area contributed by atoms with Gasteiger partial charge in [-0.1, -0.05) is 24.3 Å². The molecule has 66 heavy (non-hydrogen) atoms. The number of hydrogen-bond donors (Lipinski definition) is 2. The molecule has 10 rings (SSSR count). The summed E-state index contributed by atoms with van der Waals surface area (Å²) in [6.07, 6.45) is 15.4. The third-order valence-electron chi connectivity index (χ3n) is 13.7. The second kappa shape index (κ2) is 18.4. The van der Waals surface area contributed by atoms with Crippen molar-refractivity contribution in [3.05, 3.63) is 153 Å². The molecule has 0 spiro atoms. The Labute approximate surface area is 384 Å². The summed E-state index contributed by atoms with van der Waals surface area (Å²) in [5, 5.41) is 1.77. The molecule has 13 nitrogen and oxygen atoms in total. The van der Waals surface area contributed by atoms with Crippen LogP contribution in [0, 0.1) is 0 Å². The lowest BCUT2D eigenvalue weighted by molar-refractivity contribution is 0.261. The van der Waals surface area contributed by atoms with Crippen LogP contribution in [0.5, 0.6) is 11.5 Å². The molecule has 2 aliphatic heterocycles. The molecule has 0 aliphatic carbocycles. The molecular weight excluding hydrogens is 827 g/mol. The number of rotatable bonds is 13. The van der Waals surface area contributed by atoms with E-state index in [4.69, 9.17) is 19.4 Å². The van der Waals surface area contributed by atoms with Crippen LogP contribution in [-0.2, 0) is 13.6 Å². The number of benzene rings is 2. The minimum Gasteiger partial charge on any atom is -0.496 e. The lowest BCUT2D eigenvalue weighted by Crippen LogP contribution is -2.33. The van der Waals surface area contributed by atoms with Gasteiger partial charge in [0.05, 0.1) is 13.7 Å². The number of methoxy groups -OCH3 is 1. The first-order valence-corrected chi connectivity index (χ1v) is 23.0. The molecule has 0 radical (unpaired) electrons. The molecule has 2 N–H and O–H groups in total. The maximum Gasteiger partial charge on any atom is 0.275 e. The van der Waals surface area contributed by atoms with Crippen LogP contribution in [0.15, 0.2) is 126 Å². The molecular formula is C53H57N9O4. The van der Waals surface area contributed by atoms with Crippen LogP contribution in [0.1, 0.15) is 54.2 Å². The van der Waals surface area contributed by atoms with E-state index in [0.717, 1.165) is 120 Å². The van der Waals surface area contributed by atoms with Gasteiger partial charge in [0, 0.05) is 116 Å². The number of piperidine rings is 2. The summed E-state index contributed by atoms with van der Waals surface area (Å²) in [7, 11) is 7.57. The Kier molecular flexibility index (Phi) is 11.9. The van der Waals surface area contributed by atoms with E-state index in [0.29, 0.717) is 36.0 Å². The molecule has 0 saturated carbocycles. The number of anilines is 2. The first kappa shape index (κ1) is 42.8. The van der Waals surface area contributed by atoms with Crippen LogP contribution in [0.4, 0.5) is 11.6 Å². The second-order valence-corrected chi connectivity index (χ2v) is 18.1. The fraction of sp³-hybridized carbons (Fsp3) is 0.321. The van der Waals surface area contributed by atoms with Crippen molar-refractivity contribution in [3.63, 3.8) is 0 Å². The number of nitrogens with zero attached hydrogens (tertiary/aromatic N) is 7. The standard InChI is InChI=1S/C53H57N9O4/c1-58(2)27-28-66-42-10-5-35(6-11-42)36-17-23-60(24-18-36)49-14-9-40(31-57-49)46-34-62(53(64)51-44(46)16-22-55-51)32-41-29-38(7-12-47(41)65-4)37-19-25-61(26-20-37)48-13-8-39(30-56-48)45-33-59(3)52(63)50-43(45)15-21-54-50/h5-16,21-22,29-31,33-34,36-37,54-55H,17-20,23-28,32H2,1-4H3. The zero-order valence-corrected chi connectivity index (χ0v) is 38.2. The first-order valence-electron chi connectivity index (χ1n) is 23.0. The molecule has 8 heterocycles. The van der Waals surface area contributed by atoms with Gasteiger partial charge in [-0.3, -0.25) is 9.59 Å². The van der Waals surface area contributed by atoms with Gasteiger partial charge in [-0.25, -0.2) is 9.97 Å². The van der Waals surface area contributed by atoms with Gasteiger partial charge in [0.1, 0.15) is 40.8 Å². The highest BCUT2D eigenvalue weighted by Crippen LogP contribution is 2.36. The van der Waals surface area contributed by atoms with E-state index in [1.54, 1.807) is 29.5 Å². The Morgan fingerprint density at radius 3 is 1.80 bits per heavy atom. The van der Waals surface area contributed by atoms with Crippen molar-refractivity contribution in [1.82, 2.24) is 34.0 Å². The van der Waals surface area contributed by atoms with Crippen LogP contribution >= 0.6 is 0 Å². The van der Waals surface area contributed by atoms with Gasteiger partial charge in [-0.05, 0) is 117 Å². The Morgan fingerprint density at radius 1 is 0.682 bits per heavy atom. The normalized spacial score (nSPS) is 15.0. The largest absolute Gasteiger partial charge is 0.496 e. The quantitative estimate of drug-likeness (QED) is 0.117. The Hall–Kier alpha value is -7.12. The van der Waals surface area contributed by atoms with Crippen LogP contribution in [-0.4, -0.2) is 94.5 Å². The maximum atomic E-state index is 14.0. The van der Waals surface area contributed by atoms with E-state index >= 15 is 0 Å². The van der Waals surface area contributed by atoms with E-state index in [1.807, 2.05) is 49.2 Å². The van der Waals surface area contributed by atoms with E-state index in [1.165, 1.54) is 11.1 Å². The van der Waals surface area contributed by atoms with Gasteiger partial charge < -0.3 is 43.3 Å². The van der Waals surface area contributed by atoms with E-state index in [-0.39, 0.29) is 11.1 Å². The molecule has 2 saturated heterocycles. The molecule has 2 aromatic carbocycles. The molecule has 0 amide bonds. The van der Waals surface area contributed by atoms with Crippen molar-refractivity contribution in [2.75, 3.05) is 70.3 Å². The summed E-state index contributed by atoms with van der Waals surface area (Å²) in [6, 6.07) is 27.4. The number of pyridine rings is 4. The fourth-order valence-electron chi connectivity index (χ4n) is 9.94. The highest BCUT2D eigenvalue weighted by atomic mass is 16.5. The highest BCUT2D eigenvalue weighted by molar-refractivity contribution is 5.95. The molecule has 0 bridgehead atoms. The molecule has 6 aromatic heterocycles. The molecule has 2 aliphatic rings. The average molecular weight is 884 g/mol. The van der Waals surface area contributed by atoms with Crippen molar-refractivity contribution in [3.8, 4) is 33.8 Å². The SMILES string of the molecule is COc1ccc(C2CCN(c3ccc(-c4cn(C)c(=O)c5[nH]ccc45)cn3)CC2)cc1Cn1cc(-c2ccc(N3CCC(c4ccc(OCCN(C)C)cc4)CC3)nc2)c2cc[nH]c2c1=O. The van der Waals surface area contributed by atoms with E-state index in [9.17, 15) is 9.59 Å². The Morgan fingerprint density at radius 2 is 1.24 bits per heavy atom. The Bertz CT molecular complexity index is 3080. The monoisotopic (exact) mass is 883 g/mol. The fourth-order valence-corrected chi connectivity index (χ4v) is 9.94. The van der Waals surface area contributed by atoms with Gasteiger partial charge >= 0.3 is 0 Å². The van der Waals surface area contributed by atoms with Crippen LogP contribution in [0.2, 0.25) is 0 Å². The summed E-state index contributed by atoms with van der Waals surface area (Å²) >= 11 is 0. The second-order valence-electron chi connectivity index (χ2n) is 18.1. The summed E-state index contributed by atoms with van der Waals surface area (Å²) in [4.78, 5) is 49.6. The summed E-state index contributed by atoms with van der Waals surface area (Å²) in [5.41, 5.74) is 8.48. The molecule has 13 heteroatoms. The lowest BCUT2D eigenvalue weighted by Gasteiger charge is -2.33. The number of fused-ring (bicyclic) bond motifs is 2. The third-order valence-corrected chi connectivity index (χ3v) is 13.7. The summed E-state index contributed by atoms with van der Waals surface area (Å²) < 4.78 is 15.2.